The van der Waals surface area contributed by atoms with Crippen LogP contribution in [0, 0.1) is 11.7 Å². The number of halogens is 1. The van der Waals surface area contributed by atoms with Crippen molar-refractivity contribution in [3.8, 4) is 0 Å². The zero-order chi connectivity index (χ0) is 14.8. The van der Waals surface area contributed by atoms with Gasteiger partial charge < -0.3 is 10.2 Å². The van der Waals surface area contributed by atoms with E-state index in [4.69, 9.17) is 0 Å². The summed E-state index contributed by atoms with van der Waals surface area (Å²) in [6, 6.07) is 6.51. The van der Waals surface area contributed by atoms with Crippen LogP contribution in [0.4, 0.5) is 10.1 Å². The molecule has 1 saturated heterocycles. The van der Waals surface area contributed by atoms with Gasteiger partial charge in [0.05, 0.1) is 5.69 Å². The lowest BCUT2D eigenvalue weighted by atomic mass is 9.91. The maximum Gasteiger partial charge on any atom is 0.146 e. The Labute approximate surface area is 127 Å². The number of para-hydroxylation sites is 1. The first-order valence-electron chi connectivity index (χ1n) is 8.44. The molecule has 1 saturated carbocycles. The van der Waals surface area contributed by atoms with Gasteiger partial charge in [-0.2, -0.15) is 0 Å². The van der Waals surface area contributed by atoms with Crippen molar-refractivity contribution in [1.82, 2.24) is 5.32 Å². The van der Waals surface area contributed by atoms with Gasteiger partial charge in [0.15, 0.2) is 0 Å². The van der Waals surface area contributed by atoms with Gasteiger partial charge in [0, 0.05) is 25.2 Å². The van der Waals surface area contributed by atoms with E-state index in [-0.39, 0.29) is 5.82 Å². The summed E-state index contributed by atoms with van der Waals surface area (Å²) in [4.78, 5) is 2.38. The summed E-state index contributed by atoms with van der Waals surface area (Å²) in [5.74, 6) is 0.731. The molecule has 1 aliphatic heterocycles. The number of hydrogen-bond donors (Lipinski definition) is 1. The Hall–Kier alpha value is -1.09. The molecule has 0 radical (unpaired) electrons. The number of nitrogens with one attached hydrogen (secondary N) is 1. The van der Waals surface area contributed by atoms with Crippen LogP contribution in [-0.2, 0) is 6.54 Å². The fourth-order valence-electron chi connectivity index (χ4n) is 4.07. The molecule has 2 unspecified atom stereocenters. The van der Waals surface area contributed by atoms with E-state index in [9.17, 15) is 4.39 Å². The smallest absolute Gasteiger partial charge is 0.146 e. The van der Waals surface area contributed by atoms with Crippen LogP contribution in [0.1, 0.15) is 51.5 Å². The minimum absolute atomic E-state index is 0.0504. The van der Waals surface area contributed by atoms with Crippen molar-refractivity contribution in [3.05, 3.63) is 29.6 Å². The highest BCUT2D eigenvalue weighted by atomic mass is 19.1. The standard InChI is InChI=1S/C18H27FN2/c1-13(2)20-12-15-7-3-9-16(19)18(15)21-11-5-8-14-6-4-10-17(14)21/h3,7,9,13-14,17,20H,4-6,8,10-12H2,1-2H3. The molecule has 2 fully saturated rings. The maximum absolute atomic E-state index is 14.5. The Morgan fingerprint density at radius 3 is 2.86 bits per heavy atom. The minimum atomic E-state index is -0.0504. The first-order valence-corrected chi connectivity index (χ1v) is 8.44. The van der Waals surface area contributed by atoms with Crippen molar-refractivity contribution in [2.45, 2.75) is 64.6 Å². The number of rotatable bonds is 4. The fraction of sp³-hybridized carbons (Fsp3) is 0.667. The second-order valence-electron chi connectivity index (χ2n) is 6.88. The minimum Gasteiger partial charge on any atom is -0.366 e. The second kappa shape index (κ2) is 6.35. The van der Waals surface area contributed by atoms with Gasteiger partial charge in [-0.3, -0.25) is 0 Å². The molecule has 1 heterocycles. The molecule has 0 spiro atoms. The topological polar surface area (TPSA) is 15.3 Å². The van der Waals surface area contributed by atoms with Crippen molar-refractivity contribution in [1.29, 1.82) is 0 Å². The van der Waals surface area contributed by atoms with Gasteiger partial charge in [0.1, 0.15) is 5.82 Å². The highest BCUT2D eigenvalue weighted by Crippen LogP contribution is 2.40. The molecule has 1 aromatic rings. The third-order valence-corrected chi connectivity index (χ3v) is 5.05. The van der Waals surface area contributed by atoms with Crippen LogP contribution in [0.5, 0.6) is 0 Å². The molecule has 21 heavy (non-hydrogen) atoms. The van der Waals surface area contributed by atoms with Gasteiger partial charge in [-0.05, 0) is 43.2 Å². The molecule has 1 N–H and O–H groups in total. The molecule has 0 aromatic heterocycles. The third-order valence-electron chi connectivity index (χ3n) is 5.05. The predicted octanol–water partition coefficient (Wildman–Crippen LogP) is 4.09. The number of benzene rings is 1. The van der Waals surface area contributed by atoms with Crippen LogP contribution in [-0.4, -0.2) is 18.6 Å². The zero-order valence-corrected chi connectivity index (χ0v) is 13.2. The first-order chi connectivity index (χ1) is 10.2. The van der Waals surface area contributed by atoms with Crippen LogP contribution in [0.15, 0.2) is 18.2 Å². The van der Waals surface area contributed by atoms with Crippen molar-refractivity contribution in [3.63, 3.8) is 0 Å². The second-order valence-corrected chi connectivity index (χ2v) is 6.88. The average molecular weight is 290 g/mol. The summed E-state index contributed by atoms with van der Waals surface area (Å²) in [7, 11) is 0. The van der Waals surface area contributed by atoms with E-state index in [2.05, 4.69) is 30.1 Å². The molecule has 3 rings (SSSR count). The van der Waals surface area contributed by atoms with Crippen molar-refractivity contribution < 1.29 is 4.39 Å². The lowest BCUT2D eigenvalue weighted by Gasteiger charge is -2.40. The Kier molecular flexibility index (Phi) is 4.48. The lowest BCUT2D eigenvalue weighted by molar-refractivity contribution is 0.358. The van der Waals surface area contributed by atoms with E-state index in [1.54, 1.807) is 6.07 Å². The Morgan fingerprint density at radius 2 is 2.05 bits per heavy atom. The van der Waals surface area contributed by atoms with Gasteiger partial charge in [-0.15, -0.1) is 0 Å². The van der Waals surface area contributed by atoms with E-state index in [1.807, 2.05) is 6.07 Å². The highest BCUT2D eigenvalue weighted by Gasteiger charge is 2.36. The molecular formula is C18H27FN2. The molecular weight excluding hydrogens is 263 g/mol. The number of nitrogens with zero attached hydrogens (tertiary/aromatic N) is 1. The summed E-state index contributed by atoms with van der Waals surface area (Å²) in [6.07, 6.45) is 6.40. The fourth-order valence-corrected chi connectivity index (χ4v) is 4.07. The molecule has 0 amide bonds. The van der Waals surface area contributed by atoms with E-state index in [1.165, 1.54) is 32.1 Å². The molecule has 3 heteroatoms. The van der Waals surface area contributed by atoms with Gasteiger partial charge in [0.25, 0.3) is 0 Å². The van der Waals surface area contributed by atoms with Gasteiger partial charge in [0.2, 0.25) is 0 Å². The molecule has 1 aromatic carbocycles. The Bertz CT molecular complexity index is 486. The molecule has 2 nitrogen and oxygen atoms in total. The molecule has 2 aliphatic rings. The normalized spacial score (nSPS) is 25.4. The number of hydrogen-bond acceptors (Lipinski definition) is 2. The highest BCUT2D eigenvalue weighted by molar-refractivity contribution is 5.56. The van der Waals surface area contributed by atoms with Crippen molar-refractivity contribution in [2.24, 2.45) is 5.92 Å². The largest absolute Gasteiger partial charge is 0.366 e. The molecule has 0 bridgehead atoms. The summed E-state index contributed by atoms with van der Waals surface area (Å²) in [5.41, 5.74) is 1.97. The van der Waals surface area contributed by atoms with Crippen LogP contribution >= 0.6 is 0 Å². The predicted molar refractivity (Wildman–Crippen MR) is 86.1 cm³/mol. The zero-order valence-electron chi connectivity index (χ0n) is 13.2. The summed E-state index contributed by atoms with van der Waals surface area (Å²) >= 11 is 0. The Balaban J connectivity index is 1.89. The molecule has 2 atom stereocenters. The maximum atomic E-state index is 14.5. The number of fused-ring (bicyclic) bond motifs is 1. The summed E-state index contributed by atoms with van der Waals surface area (Å²) in [5, 5.41) is 3.43. The molecule has 116 valence electrons. The van der Waals surface area contributed by atoms with Crippen molar-refractivity contribution >= 4 is 5.69 Å². The summed E-state index contributed by atoms with van der Waals surface area (Å²) in [6.45, 7) is 6.02. The van der Waals surface area contributed by atoms with Gasteiger partial charge >= 0.3 is 0 Å². The first kappa shape index (κ1) is 14.8. The van der Waals surface area contributed by atoms with E-state index >= 15 is 0 Å². The van der Waals surface area contributed by atoms with Crippen molar-refractivity contribution in [2.75, 3.05) is 11.4 Å². The average Bonchev–Trinajstić information content (AvgIpc) is 2.93. The van der Waals surface area contributed by atoms with Crippen LogP contribution in [0.3, 0.4) is 0 Å². The number of piperidine rings is 1. The monoisotopic (exact) mass is 290 g/mol. The SMILES string of the molecule is CC(C)NCc1cccc(F)c1N1CCCC2CCCC21. The van der Waals surface area contributed by atoms with Gasteiger partial charge in [-0.25, -0.2) is 4.39 Å². The summed E-state index contributed by atoms with van der Waals surface area (Å²) < 4.78 is 14.5. The van der Waals surface area contributed by atoms with Crippen LogP contribution < -0.4 is 10.2 Å². The Morgan fingerprint density at radius 1 is 1.24 bits per heavy atom. The van der Waals surface area contributed by atoms with Crippen LogP contribution in [0.2, 0.25) is 0 Å². The van der Waals surface area contributed by atoms with Gasteiger partial charge in [-0.1, -0.05) is 32.4 Å². The quantitative estimate of drug-likeness (QED) is 0.898. The third kappa shape index (κ3) is 3.08. The molecule has 1 aliphatic carbocycles. The van der Waals surface area contributed by atoms with Crippen LogP contribution in [0.25, 0.3) is 0 Å². The van der Waals surface area contributed by atoms with E-state index < -0.39 is 0 Å². The number of anilines is 1. The van der Waals surface area contributed by atoms with E-state index in [0.717, 1.165) is 30.3 Å². The lowest BCUT2D eigenvalue weighted by Crippen LogP contribution is -2.43. The van der Waals surface area contributed by atoms with E-state index in [0.29, 0.717) is 12.1 Å².